The van der Waals surface area contributed by atoms with Gasteiger partial charge in [-0.25, -0.2) is 8.42 Å². The third-order valence-electron chi connectivity index (χ3n) is 2.58. The lowest BCUT2D eigenvalue weighted by Crippen LogP contribution is -2.12. The maximum Gasteiger partial charge on any atom is 0.261 e. The number of carbonyl (C=O) groups is 1. The van der Waals surface area contributed by atoms with Gasteiger partial charge < -0.3 is 5.32 Å². The molecule has 0 heterocycles. The molecule has 0 aliphatic rings. The third-order valence-corrected chi connectivity index (χ3v) is 5.11. The summed E-state index contributed by atoms with van der Waals surface area (Å²) in [6, 6.07) is 11.0. The van der Waals surface area contributed by atoms with E-state index in [1.165, 1.54) is 18.2 Å². The number of rotatable bonds is 3. The van der Waals surface area contributed by atoms with Gasteiger partial charge >= 0.3 is 0 Å². The molecule has 0 aliphatic carbocycles. The Hall–Kier alpha value is -0.890. The first kappa shape index (κ1) is 16.5. The van der Waals surface area contributed by atoms with Gasteiger partial charge in [-0.1, -0.05) is 15.9 Å². The van der Waals surface area contributed by atoms with E-state index in [1.807, 2.05) is 0 Å². The molecule has 0 unspecified atom stereocenters. The topological polar surface area (TPSA) is 63.2 Å². The van der Waals surface area contributed by atoms with Crippen molar-refractivity contribution in [2.24, 2.45) is 0 Å². The number of benzene rings is 2. The van der Waals surface area contributed by atoms with Gasteiger partial charge in [0.25, 0.3) is 15.0 Å². The monoisotopic (exact) mass is 451 g/mol. The first-order valence-corrected chi connectivity index (χ1v) is 9.48. The summed E-state index contributed by atoms with van der Waals surface area (Å²) >= 11 is 6.50. The van der Waals surface area contributed by atoms with Crippen LogP contribution in [0.15, 0.2) is 56.3 Å². The Balaban J connectivity index is 2.24. The Bertz CT molecular complexity index is 792. The van der Waals surface area contributed by atoms with Crippen molar-refractivity contribution in [3.05, 3.63) is 57.0 Å². The quantitative estimate of drug-likeness (QED) is 0.701. The van der Waals surface area contributed by atoms with Crippen molar-refractivity contribution in [2.45, 2.75) is 4.90 Å². The van der Waals surface area contributed by atoms with E-state index in [0.717, 1.165) is 4.47 Å². The molecule has 2 rings (SSSR count). The van der Waals surface area contributed by atoms with Gasteiger partial charge in [0.15, 0.2) is 0 Å². The van der Waals surface area contributed by atoms with Gasteiger partial charge in [-0.05, 0) is 58.4 Å². The van der Waals surface area contributed by atoms with Gasteiger partial charge in [0.1, 0.15) is 0 Å². The number of nitrogens with one attached hydrogen (secondary N) is 1. The zero-order chi connectivity index (χ0) is 15.6. The van der Waals surface area contributed by atoms with Crippen LogP contribution < -0.4 is 5.32 Å². The maximum atomic E-state index is 12.1. The first-order chi connectivity index (χ1) is 9.77. The number of halogens is 3. The van der Waals surface area contributed by atoms with Crippen molar-refractivity contribution >= 4 is 63.2 Å². The molecule has 1 amide bonds. The summed E-state index contributed by atoms with van der Waals surface area (Å²) in [5.74, 6) is -0.301. The van der Waals surface area contributed by atoms with Crippen LogP contribution in [0.4, 0.5) is 5.69 Å². The zero-order valence-corrected chi connectivity index (χ0v) is 15.1. The second-order valence-corrected chi connectivity index (χ2v) is 8.38. The second-order valence-electron chi connectivity index (χ2n) is 4.04. The van der Waals surface area contributed by atoms with Crippen LogP contribution in [-0.2, 0) is 9.05 Å². The Morgan fingerprint density at radius 1 is 1.05 bits per heavy atom. The lowest BCUT2D eigenvalue weighted by Gasteiger charge is -2.08. The maximum absolute atomic E-state index is 12.1. The van der Waals surface area contributed by atoms with E-state index in [9.17, 15) is 13.2 Å². The molecule has 0 saturated carbocycles. The molecule has 8 heteroatoms. The van der Waals surface area contributed by atoms with Crippen molar-refractivity contribution in [1.29, 1.82) is 0 Å². The summed E-state index contributed by atoms with van der Waals surface area (Å²) < 4.78 is 23.7. The van der Waals surface area contributed by atoms with E-state index < -0.39 is 9.05 Å². The van der Waals surface area contributed by atoms with Crippen LogP contribution in [0.1, 0.15) is 10.4 Å². The second kappa shape index (κ2) is 6.48. The van der Waals surface area contributed by atoms with Crippen LogP contribution in [0.5, 0.6) is 0 Å². The Morgan fingerprint density at radius 2 is 1.67 bits per heavy atom. The van der Waals surface area contributed by atoms with Gasteiger partial charge in [0, 0.05) is 25.2 Å². The van der Waals surface area contributed by atoms with E-state index in [0.29, 0.717) is 15.7 Å². The minimum atomic E-state index is -3.80. The summed E-state index contributed by atoms with van der Waals surface area (Å²) in [5.41, 5.74) is 0.936. The molecule has 0 saturated heterocycles. The van der Waals surface area contributed by atoms with Crippen molar-refractivity contribution in [3.8, 4) is 0 Å². The Morgan fingerprint density at radius 3 is 2.19 bits per heavy atom. The average molecular weight is 454 g/mol. The summed E-state index contributed by atoms with van der Waals surface area (Å²) in [6.07, 6.45) is 0. The molecular weight excluding hydrogens is 445 g/mol. The van der Waals surface area contributed by atoms with Crippen molar-refractivity contribution in [1.82, 2.24) is 0 Å². The molecule has 2 aromatic carbocycles. The molecule has 21 heavy (non-hydrogen) atoms. The normalized spacial score (nSPS) is 11.2. The standard InChI is InChI=1S/C13H8Br2ClNO3S/c14-9-3-1-8(2-4-9)13(18)17-12-6-5-10(7-11(12)15)21(16,19)20/h1-7H,(H,17,18). The third kappa shape index (κ3) is 4.29. The molecule has 0 radical (unpaired) electrons. The molecule has 0 spiro atoms. The van der Waals surface area contributed by atoms with E-state index in [1.54, 1.807) is 24.3 Å². The van der Waals surface area contributed by atoms with Gasteiger partial charge in [0.05, 0.1) is 10.6 Å². The fourth-order valence-electron chi connectivity index (χ4n) is 1.54. The number of hydrogen-bond acceptors (Lipinski definition) is 3. The lowest BCUT2D eigenvalue weighted by atomic mass is 10.2. The molecule has 0 bridgehead atoms. The minimum absolute atomic E-state index is 0.0438. The SMILES string of the molecule is O=C(Nc1ccc(S(=O)(=O)Cl)cc1Br)c1ccc(Br)cc1. The van der Waals surface area contributed by atoms with Crippen LogP contribution in [0.2, 0.25) is 0 Å². The fourth-order valence-corrected chi connectivity index (χ4v) is 3.22. The van der Waals surface area contributed by atoms with Crippen molar-refractivity contribution in [3.63, 3.8) is 0 Å². The number of hydrogen-bond donors (Lipinski definition) is 1. The van der Waals surface area contributed by atoms with E-state index in [-0.39, 0.29) is 10.8 Å². The van der Waals surface area contributed by atoms with Crippen molar-refractivity contribution in [2.75, 3.05) is 5.32 Å². The zero-order valence-electron chi connectivity index (χ0n) is 10.3. The Labute approximate surface area is 143 Å². The molecular formula is C13H8Br2ClNO3S. The highest BCUT2D eigenvalue weighted by molar-refractivity contribution is 9.10. The molecule has 0 fully saturated rings. The van der Waals surface area contributed by atoms with Gasteiger partial charge in [-0.15, -0.1) is 0 Å². The highest BCUT2D eigenvalue weighted by Crippen LogP contribution is 2.27. The first-order valence-electron chi connectivity index (χ1n) is 5.58. The average Bonchev–Trinajstić information content (AvgIpc) is 2.40. The van der Waals surface area contributed by atoms with Crippen LogP contribution in [0.3, 0.4) is 0 Å². The van der Waals surface area contributed by atoms with E-state index >= 15 is 0 Å². The van der Waals surface area contributed by atoms with Crippen LogP contribution in [-0.4, -0.2) is 14.3 Å². The number of carbonyl (C=O) groups excluding carboxylic acids is 1. The molecule has 4 nitrogen and oxygen atoms in total. The Kier molecular flexibility index (Phi) is 5.08. The molecule has 1 N–H and O–H groups in total. The molecule has 110 valence electrons. The summed E-state index contributed by atoms with van der Waals surface area (Å²) in [6.45, 7) is 0. The summed E-state index contributed by atoms with van der Waals surface area (Å²) in [4.78, 5) is 12.0. The minimum Gasteiger partial charge on any atom is -0.321 e. The number of amides is 1. The van der Waals surface area contributed by atoms with E-state index in [2.05, 4.69) is 37.2 Å². The molecule has 0 aromatic heterocycles. The molecule has 0 aliphatic heterocycles. The van der Waals surface area contributed by atoms with Crippen LogP contribution in [0, 0.1) is 0 Å². The van der Waals surface area contributed by atoms with Crippen LogP contribution in [0.25, 0.3) is 0 Å². The predicted octanol–water partition coefficient (Wildman–Crippen LogP) is 4.39. The van der Waals surface area contributed by atoms with Gasteiger partial charge in [-0.3, -0.25) is 4.79 Å². The fraction of sp³-hybridized carbons (Fsp3) is 0. The molecule has 2 aromatic rings. The van der Waals surface area contributed by atoms with Gasteiger partial charge in [0.2, 0.25) is 0 Å². The highest BCUT2D eigenvalue weighted by atomic mass is 79.9. The lowest BCUT2D eigenvalue weighted by molar-refractivity contribution is 0.102. The van der Waals surface area contributed by atoms with Crippen molar-refractivity contribution < 1.29 is 13.2 Å². The predicted molar refractivity (Wildman–Crippen MR) is 89.3 cm³/mol. The smallest absolute Gasteiger partial charge is 0.261 e. The summed E-state index contributed by atoms with van der Waals surface area (Å²) in [7, 11) is 1.46. The summed E-state index contributed by atoms with van der Waals surface area (Å²) in [5, 5.41) is 2.69. The molecule has 0 atom stereocenters. The highest BCUT2D eigenvalue weighted by Gasteiger charge is 2.14. The largest absolute Gasteiger partial charge is 0.321 e. The van der Waals surface area contributed by atoms with Crippen LogP contribution >= 0.6 is 42.5 Å². The number of anilines is 1. The van der Waals surface area contributed by atoms with E-state index in [4.69, 9.17) is 10.7 Å². The van der Waals surface area contributed by atoms with Gasteiger partial charge in [-0.2, -0.15) is 0 Å².